The van der Waals surface area contributed by atoms with Gasteiger partial charge in [-0.3, -0.25) is 9.69 Å². The fourth-order valence-electron chi connectivity index (χ4n) is 7.02. The second-order valence-electron chi connectivity index (χ2n) is 9.84. The minimum Gasteiger partial charge on any atom is -0.466 e. The Balaban J connectivity index is 1.22. The third-order valence-electron chi connectivity index (χ3n) is 7.87. The van der Waals surface area contributed by atoms with Crippen LogP contribution in [0.15, 0.2) is 0 Å². The quantitative estimate of drug-likeness (QED) is 0.690. The van der Waals surface area contributed by atoms with Gasteiger partial charge < -0.3 is 9.64 Å². The van der Waals surface area contributed by atoms with Gasteiger partial charge in [0.05, 0.1) is 12.5 Å². The highest BCUT2D eigenvalue weighted by Gasteiger charge is 2.66. The van der Waals surface area contributed by atoms with Crippen LogP contribution in [0.1, 0.15) is 59.3 Å². The van der Waals surface area contributed by atoms with Crippen molar-refractivity contribution in [2.24, 2.45) is 22.7 Å². The summed E-state index contributed by atoms with van der Waals surface area (Å²) in [6.45, 7) is 13.2. The lowest BCUT2D eigenvalue weighted by Crippen LogP contribution is -2.71. The first-order valence-electron chi connectivity index (χ1n) is 10.6. The molecule has 6 fully saturated rings. The first-order valence-corrected chi connectivity index (χ1v) is 10.6. The SMILES string of the molecule is CCOC(=O)C1CCCN(CCCN2CC3C4(C)CC2CC3(C)C4)C1. The molecule has 3 aliphatic carbocycles. The summed E-state index contributed by atoms with van der Waals surface area (Å²) in [6.07, 6.45) is 7.71. The predicted octanol–water partition coefficient (Wildman–Crippen LogP) is 3.16. The molecule has 0 radical (unpaired) electrons. The van der Waals surface area contributed by atoms with Crippen molar-refractivity contribution < 1.29 is 9.53 Å². The molecule has 3 atom stereocenters. The van der Waals surface area contributed by atoms with Crippen molar-refractivity contribution >= 4 is 5.97 Å². The van der Waals surface area contributed by atoms with Crippen LogP contribution in [0.2, 0.25) is 0 Å². The molecule has 142 valence electrons. The molecule has 6 rings (SSSR count). The van der Waals surface area contributed by atoms with Gasteiger partial charge in [-0.15, -0.1) is 0 Å². The fraction of sp³-hybridized carbons (Fsp3) is 0.952. The molecule has 0 aromatic carbocycles. The number of carbonyl (C=O) groups excluding carboxylic acids is 1. The van der Waals surface area contributed by atoms with Crippen molar-refractivity contribution in [3.8, 4) is 0 Å². The van der Waals surface area contributed by atoms with E-state index < -0.39 is 0 Å². The molecule has 3 saturated heterocycles. The molecule has 3 heterocycles. The van der Waals surface area contributed by atoms with Gasteiger partial charge in [-0.1, -0.05) is 13.8 Å². The summed E-state index contributed by atoms with van der Waals surface area (Å²) in [5.41, 5.74) is 1.32. The molecular formula is C21H36N2O2. The van der Waals surface area contributed by atoms with Gasteiger partial charge in [-0.2, -0.15) is 0 Å². The minimum absolute atomic E-state index is 0.0150. The zero-order valence-electron chi connectivity index (χ0n) is 16.4. The van der Waals surface area contributed by atoms with Crippen LogP contribution in [0, 0.1) is 22.7 Å². The summed E-state index contributed by atoms with van der Waals surface area (Å²) >= 11 is 0. The van der Waals surface area contributed by atoms with E-state index in [1.165, 1.54) is 38.8 Å². The summed E-state index contributed by atoms with van der Waals surface area (Å²) in [4.78, 5) is 17.3. The van der Waals surface area contributed by atoms with Crippen molar-refractivity contribution in [2.45, 2.75) is 65.3 Å². The molecular weight excluding hydrogens is 312 g/mol. The highest BCUT2D eigenvalue weighted by Crippen LogP contribution is 2.70. The van der Waals surface area contributed by atoms with Crippen molar-refractivity contribution in [1.29, 1.82) is 0 Å². The number of hydrogen-bond donors (Lipinski definition) is 0. The molecule has 6 aliphatic rings. The number of nitrogens with zero attached hydrogens (tertiary/aromatic N) is 2. The molecule has 3 saturated carbocycles. The van der Waals surface area contributed by atoms with Gasteiger partial charge >= 0.3 is 5.97 Å². The lowest BCUT2D eigenvalue weighted by atomic mass is 9.37. The van der Waals surface area contributed by atoms with Crippen LogP contribution >= 0.6 is 0 Å². The molecule has 0 amide bonds. The van der Waals surface area contributed by atoms with Crippen LogP contribution in [0.25, 0.3) is 0 Å². The molecule has 3 unspecified atom stereocenters. The average molecular weight is 349 g/mol. The molecule has 0 aromatic rings. The first kappa shape index (κ1) is 17.8. The zero-order chi connectivity index (χ0) is 17.7. The second kappa shape index (κ2) is 6.53. The van der Waals surface area contributed by atoms with Gasteiger partial charge in [0.2, 0.25) is 0 Å². The topological polar surface area (TPSA) is 32.8 Å². The van der Waals surface area contributed by atoms with E-state index in [0.29, 0.717) is 17.4 Å². The van der Waals surface area contributed by atoms with Crippen molar-refractivity contribution in [1.82, 2.24) is 9.80 Å². The average Bonchev–Trinajstić information content (AvgIpc) is 2.56. The highest BCUT2D eigenvalue weighted by atomic mass is 16.5. The van der Waals surface area contributed by atoms with Crippen LogP contribution in [-0.4, -0.2) is 61.1 Å². The largest absolute Gasteiger partial charge is 0.466 e. The van der Waals surface area contributed by atoms with E-state index in [9.17, 15) is 4.79 Å². The first-order chi connectivity index (χ1) is 11.9. The van der Waals surface area contributed by atoms with Crippen LogP contribution < -0.4 is 0 Å². The van der Waals surface area contributed by atoms with Crippen LogP contribution in [0.3, 0.4) is 0 Å². The molecule has 4 nitrogen and oxygen atoms in total. The zero-order valence-corrected chi connectivity index (χ0v) is 16.4. The number of fused-ring (bicyclic) bond motifs is 1. The summed E-state index contributed by atoms with van der Waals surface area (Å²) < 4.78 is 5.22. The molecule has 4 bridgehead atoms. The Morgan fingerprint density at radius 2 is 1.92 bits per heavy atom. The van der Waals surface area contributed by atoms with Crippen molar-refractivity contribution in [2.75, 3.05) is 39.3 Å². The number of carbonyl (C=O) groups is 1. The number of ether oxygens (including phenoxy) is 1. The van der Waals surface area contributed by atoms with Crippen LogP contribution in [0.5, 0.6) is 0 Å². The lowest BCUT2D eigenvalue weighted by molar-refractivity contribution is -0.230. The molecule has 4 heteroatoms. The number of rotatable bonds is 6. The van der Waals surface area contributed by atoms with Crippen LogP contribution in [-0.2, 0) is 9.53 Å². The second-order valence-corrected chi connectivity index (χ2v) is 9.84. The van der Waals surface area contributed by atoms with Gasteiger partial charge in [0, 0.05) is 19.1 Å². The van der Waals surface area contributed by atoms with Gasteiger partial charge in [0.25, 0.3) is 0 Å². The standard InChI is InChI=1S/C21H36N2O2/c1-4-25-19(24)16-7-5-8-22(13-16)9-6-10-23-14-18-20(2)11-17(23)12-21(18,3)15-20/h16-18H,4-15H2,1-3H3. The predicted molar refractivity (Wildman–Crippen MR) is 99.3 cm³/mol. The Labute approximate surface area is 153 Å². The smallest absolute Gasteiger partial charge is 0.310 e. The van der Waals surface area contributed by atoms with Gasteiger partial charge in [0.15, 0.2) is 0 Å². The third-order valence-corrected chi connectivity index (χ3v) is 7.87. The maximum absolute atomic E-state index is 12.0. The Morgan fingerprint density at radius 1 is 1.16 bits per heavy atom. The number of piperidine rings is 3. The number of likely N-dealkylation sites (tertiary alicyclic amines) is 1. The van der Waals surface area contributed by atoms with E-state index in [0.717, 1.165) is 44.4 Å². The highest BCUT2D eigenvalue weighted by molar-refractivity contribution is 5.72. The molecule has 25 heavy (non-hydrogen) atoms. The normalized spacial score (nSPS) is 43.7. The van der Waals surface area contributed by atoms with Crippen molar-refractivity contribution in [3.05, 3.63) is 0 Å². The van der Waals surface area contributed by atoms with Crippen molar-refractivity contribution in [3.63, 3.8) is 0 Å². The van der Waals surface area contributed by atoms with Crippen LogP contribution in [0.4, 0.5) is 0 Å². The minimum atomic E-state index is 0.0150. The Bertz CT molecular complexity index is 506. The van der Waals surface area contributed by atoms with E-state index in [4.69, 9.17) is 4.74 Å². The van der Waals surface area contributed by atoms with E-state index in [1.807, 2.05) is 6.92 Å². The van der Waals surface area contributed by atoms with Gasteiger partial charge in [0.1, 0.15) is 0 Å². The Hall–Kier alpha value is -0.610. The van der Waals surface area contributed by atoms with E-state index >= 15 is 0 Å². The third kappa shape index (κ3) is 3.14. The maximum Gasteiger partial charge on any atom is 0.310 e. The summed E-state index contributed by atoms with van der Waals surface area (Å²) in [5, 5.41) is 0. The summed E-state index contributed by atoms with van der Waals surface area (Å²) in [5.74, 6) is 1.06. The lowest BCUT2D eigenvalue weighted by Gasteiger charge is -2.73. The van der Waals surface area contributed by atoms with Gasteiger partial charge in [-0.05, 0) is 81.8 Å². The number of hydrogen-bond acceptors (Lipinski definition) is 4. The molecule has 3 aliphatic heterocycles. The molecule has 0 aromatic heterocycles. The fourth-order valence-corrected chi connectivity index (χ4v) is 7.02. The van der Waals surface area contributed by atoms with Gasteiger partial charge in [-0.25, -0.2) is 0 Å². The number of esters is 1. The van der Waals surface area contributed by atoms with E-state index in [1.54, 1.807) is 0 Å². The Kier molecular flexibility index (Phi) is 4.64. The monoisotopic (exact) mass is 348 g/mol. The summed E-state index contributed by atoms with van der Waals surface area (Å²) in [7, 11) is 0. The Morgan fingerprint density at radius 3 is 2.60 bits per heavy atom. The van der Waals surface area contributed by atoms with E-state index in [2.05, 4.69) is 23.6 Å². The molecule has 0 spiro atoms. The van der Waals surface area contributed by atoms with E-state index in [-0.39, 0.29) is 11.9 Å². The molecule has 0 N–H and O–H groups in total. The summed E-state index contributed by atoms with van der Waals surface area (Å²) in [6, 6.07) is 0.836. The maximum atomic E-state index is 12.0.